The molecule has 0 amide bonds. The van der Waals surface area contributed by atoms with Gasteiger partial charge in [0, 0.05) is 117 Å². The Morgan fingerprint density at radius 1 is 0.277 bits per heavy atom. The number of ether oxygens (including phenoxy) is 1. The lowest BCUT2D eigenvalue weighted by Crippen LogP contribution is -2.32. The molecule has 2 aliphatic rings. The van der Waals surface area contributed by atoms with Crippen molar-refractivity contribution in [1.29, 1.82) is 0 Å². The smallest absolute Gasteiger partial charge is 0.160 e. The van der Waals surface area contributed by atoms with Crippen LogP contribution in [0.3, 0.4) is 0 Å². The maximum absolute atomic E-state index is 6.60. The van der Waals surface area contributed by atoms with E-state index in [4.69, 9.17) is 49.0 Å². The molecule has 0 saturated carbocycles. The van der Waals surface area contributed by atoms with E-state index in [-0.39, 0.29) is 0 Å². The van der Waals surface area contributed by atoms with E-state index in [1.54, 1.807) is 22.7 Å². The fourth-order valence-corrected chi connectivity index (χ4v) is 21.7. The van der Waals surface area contributed by atoms with Gasteiger partial charge in [-0.1, -0.05) is 239 Å². The molecule has 0 bridgehead atoms. The molecule has 24 rings (SSSR count). The van der Waals surface area contributed by atoms with Crippen molar-refractivity contribution in [2.24, 2.45) is 0 Å². The van der Waals surface area contributed by atoms with Crippen molar-refractivity contribution in [3.63, 3.8) is 0 Å². The van der Waals surface area contributed by atoms with Crippen LogP contribution in [0.5, 0.6) is 11.5 Å². The van der Waals surface area contributed by atoms with Crippen LogP contribution in [0.15, 0.2) is 296 Å². The first-order valence-corrected chi connectivity index (χ1v) is 48.4. The van der Waals surface area contributed by atoms with Gasteiger partial charge in [0.25, 0.3) is 0 Å². The van der Waals surface area contributed by atoms with Gasteiger partial charge in [0.1, 0.15) is 51.0 Å². The molecule has 15 nitrogen and oxygen atoms in total. The molecule has 13 aromatic carbocycles. The summed E-state index contributed by atoms with van der Waals surface area (Å²) in [6.45, 7) is 30.7. The number of thiazole rings is 1. The Labute approximate surface area is 804 Å². The van der Waals surface area contributed by atoms with Crippen LogP contribution in [0, 0.1) is 83.1 Å². The summed E-state index contributed by atoms with van der Waals surface area (Å²) in [5, 5.41) is 6.82. The Morgan fingerprint density at radius 3 is 1.40 bits per heavy atom. The molecule has 10 heterocycles. The van der Waals surface area contributed by atoms with Crippen molar-refractivity contribution < 1.29 is 9.15 Å². The van der Waals surface area contributed by atoms with Crippen molar-refractivity contribution in [2.75, 3.05) is 0 Å². The molecule has 1 aliphatic carbocycles. The summed E-state index contributed by atoms with van der Waals surface area (Å²) in [6, 6.07) is 103. The van der Waals surface area contributed by atoms with Gasteiger partial charge >= 0.3 is 0 Å². The maximum Gasteiger partial charge on any atom is 0.160 e. The predicted octanol–water partition coefficient (Wildman–Crippen LogP) is 30.4. The molecule has 0 unspecified atom stereocenters. The second kappa shape index (κ2) is 36.3. The molecule has 22 aromatic rings. The lowest BCUT2D eigenvalue weighted by atomic mass is 9.66. The highest BCUT2D eigenvalue weighted by Crippen LogP contribution is 2.63. The lowest BCUT2D eigenvalue weighted by molar-refractivity contribution is 0.436. The summed E-state index contributed by atoms with van der Waals surface area (Å²) in [7, 11) is 0. The van der Waals surface area contributed by atoms with Crippen LogP contribution in [0.2, 0.25) is 0 Å². The van der Waals surface area contributed by atoms with Gasteiger partial charge in [0.2, 0.25) is 0 Å². The largest absolute Gasteiger partial charge is 0.457 e. The SMILES string of the molecule is CCc1nc(CC)c(CC)c(-c2ccc3c(c2)C2(c4ccccc4O3)c3ccccc3-c3ccccc32)n1.Cc1nc(C)c(C)c(-c2ccc(-c3ccc(-c4nc5ccccc5s4)c4ccccc34)cc2)n1.Cc1nc(C)c(C)c(-c2ccc(-c3nc(-c4ccccc4)c4sc5ccccc5c4n3)cc2)n1.Cc1nc(C)c(C)c(-c2ccc3c(c2)oc2ccc(-c4nc(C)c(C)c(C)n4)cc23)n1. The van der Waals surface area contributed by atoms with Crippen LogP contribution in [-0.4, -0.2) is 64.8 Å². The summed E-state index contributed by atoms with van der Waals surface area (Å²) >= 11 is 3.50. The van der Waals surface area contributed by atoms with Gasteiger partial charge in [0.05, 0.1) is 54.3 Å². The Balaban J connectivity index is 0.000000109. The molecular weight excluding hydrogens is 1720 g/mol. The average Bonchev–Trinajstić information content (AvgIpc) is 1.53. The van der Waals surface area contributed by atoms with Gasteiger partial charge in [-0.15, -0.1) is 22.7 Å². The first kappa shape index (κ1) is 87.9. The number of para-hydroxylation sites is 2. The van der Waals surface area contributed by atoms with E-state index in [0.29, 0.717) is 0 Å². The van der Waals surface area contributed by atoms with Crippen molar-refractivity contribution in [2.45, 2.75) is 129 Å². The molecule has 0 saturated heterocycles. The summed E-state index contributed by atoms with van der Waals surface area (Å²) in [5.41, 5.74) is 38.7. The molecule has 0 fully saturated rings. The lowest BCUT2D eigenvalue weighted by Gasteiger charge is -2.39. The molecule has 1 spiro atoms. The first-order valence-electron chi connectivity index (χ1n) is 46.8. The normalized spacial score (nSPS) is 12.1. The zero-order valence-electron chi connectivity index (χ0n) is 79.3. The van der Waals surface area contributed by atoms with E-state index in [1.807, 2.05) is 79.7 Å². The number of aromatic nitrogens is 13. The standard InChI is InChI=1S/C35H30N2O.C30H23N3S.C29H22N4S.C26H24N4O/c1-4-23-30(5-2)36-33(6-3)37-34(23)22-19-20-32-29(21-22)35(28-17-11-12-18-31(28)38-32)26-15-9-7-13-24(26)25-14-8-10-16-27(25)35;1-18-19(2)31-20(3)32-29(18)22-14-12-21(13-15-22)23-16-17-26(25-9-5-4-8-24(23)25)30-33-27-10-6-7-11-28(27)34-30;1-17-18(2)30-19(3)31-25(17)21-13-15-22(16-14-21)29-32-26(20-9-5-4-6-10-20)28-27(33-29)23-11-7-8-12-24(23)34-28;1-13-15(3)28-26(29-16(13)4)20-8-10-23-22(11-20)21-9-7-19(12-24(21)31-23)25-14(2)17(5)27-18(6)30-25/h7-21H,4-6H2,1-3H3;4-17H,1-3H3;4-16H,1-3H3;7-12H,1-6H3. The third-order valence-electron chi connectivity index (χ3n) is 27.0. The van der Waals surface area contributed by atoms with Crippen LogP contribution in [-0.2, 0) is 24.7 Å². The quantitative estimate of drug-likeness (QED) is 0.112. The Hall–Kier alpha value is -15.7. The molecule has 137 heavy (non-hydrogen) atoms. The zero-order valence-corrected chi connectivity index (χ0v) is 80.9. The highest BCUT2D eigenvalue weighted by Gasteiger charge is 2.51. The van der Waals surface area contributed by atoms with Crippen molar-refractivity contribution in [3.05, 3.63) is 399 Å². The predicted molar refractivity (Wildman–Crippen MR) is 561 cm³/mol. The van der Waals surface area contributed by atoms with E-state index < -0.39 is 5.41 Å². The topological polar surface area (TPSA) is 190 Å². The monoisotopic (exact) mass is 1820 g/mol. The van der Waals surface area contributed by atoms with E-state index in [9.17, 15) is 0 Å². The minimum absolute atomic E-state index is 0.464. The van der Waals surface area contributed by atoms with Crippen LogP contribution in [0.1, 0.15) is 128 Å². The van der Waals surface area contributed by atoms with Gasteiger partial charge in [-0.05, 0) is 241 Å². The van der Waals surface area contributed by atoms with Crippen molar-refractivity contribution in [1.82, 2.24) is 64.8 Å². The Kier molecular flexibility index (Phi) is 23.3. The summed E-state index contributed by atoms with van der Waals surface area (Å²) in [6.07, 6.45) is 2.61. The Morgan fingerprint density at radius 2 is 0.774 bits per heavy atom. The van der Waals surface area contributed by atoms with E-state index in [1.165, 1.54) is 81.2 Å². The first-order chi connectivity index (χ1) is 66.7. The number of hydrogen-bond acceptors (Lipinski definition) is 17. The number of benzene rings is 13. The van der Waals surface area contributed by atoms with Gasteiger partial charge in [-0.2, -0.15) is 0 Å². The highest BCUT2D eigenvalue weighted by molar-refractivity contribution is 7.26. The summed E-state index contributed by atoms with van der Waals surface area (Å²) < 4.78 is 16.3. The third kappa shape index (κ3) is 16.0. The van der Waals surface area contributed by atoms with Crippen LogP contribution in [0.4, 0.5) is 0 Å². The van der Waals surface area contributed by atoms with Crippen molar-refractivity contribution >= 4 is 85.9 Å². The zero-order chi connectivity index (χ0) is 94.2. The summed E-state index contributed by atoms with van der Waals surface area (Å²) in [5.74, 6) is 6.56. The van der Waals surface area contributed by atoms with E-state index in [2.05, 4.69) is 340 Å². The molecule has 0 N–H and O–H groups in total. The fourth-order valence-electron chi connectivity index (χ4n) is 19.6. The number of rotatable bonds is 12. The molecule has 1 aliphatic heterocycles. The number of aryl methyl sites for hydroxylation is 10. The molecule has 0 atom stereocenters. The number of furan rings is 1. The highest BCUT2D eigenvalue weighted by atomic mass is 32.1. The minimum atomic E-state index is -0.464. The fraction of sp³-hybridized carbons (Fsp3) is 0.158. The van der Waals surface area contributed by atoms with Crippen LogP contribution >= 0.6 is 22.7 Å². The number of fused-ring (bicyclic) bond motifs is 17. The summed E-state index contributed by atoms with van der Waals surface area (Å²) in [4.78, 5) is 61.9. The van der Waals surface area contributed by atoms with Crippen LogP contribution < -0.4 is 4.74 Å². The number of nitrogens with zero attached hydrogens (tertiary/aromatic N) is 13. The Bertz CT molecular complexity index is 8450. The third-order valence-corrected chi connectivity index (χ3v) is 29.2. The van der Waals surface area contributed by atoms with Gasteiger partial charge in [-0.3, -0.25) is 0 Å². The number of hydrogen-bond donors (Lipinski definition) is 0. The second-order valence-electron chi connectivity index (χ2n) is 35.4. The van der Waals surface area contributed by atoms with Gasteiger partial charge in [-0.25, -0.2) is 64.8 Å². The molecular formula is C120H99N13O2S2. The van der Waals surface area contributed by atoms with E-state index >= 15 is 0 Å². The second-order valence-corrected chi connectivity index (χ2v) is 37.4. The average molecular weight is 1820 g/mol. The molecule has 668 valence electrons. The molecule has 17 heteroatoms. The van der Waals surface area contributed by atoms with Gasteiger partial charge in [0.15, 0.2) is 11.6 Å². The molecule has 9 aromatic heterocycles. The minimum Gasteiger partial charge on any atom is -0.457 e. The van der Waals surface area contributed by atoms with Crippen molar-refractivity contribution in [3.8, 4) is 123 Å². The number of thiophene rings is 1. The molecule has 0 radical (unpaired) electrons. The van der Waals surface area contributed by atoms with E-state index in [0.717, 1.165) is 232 Å². The van der Waals surface area contributed by atoms with Gasteiger partial charge < -0.3 is 9.15 Å². The maximum atomic E-state index is 6.60. The van der Waals surface area contributed by atoms with Crippen LogP contribution in [0.25, 0.3) is 175 Å².